The Morgan fingerprint density at radius 1 is 1.07 bits per heavy atom. The molecule has 1 N–H and O–H groups in total. The van der Waals surface area contributed by atoms with E-state index in [0.717, 1.165) is 6.20 Å². The monoisotopic (exact) mass is 376 g/mol. The Kier molecular flexibility index (Phi) is 5.11. The molecule has 0 fully saturated rings. The van der Waals surface area contributed by atoms with Crippen molar-refractivity contribution in [3.05, 3.63) is 47.9 Å². The molecule has 0 amide bonds. The molecular weight excluding hydrogens is 357 g/mol. The van der Waals surface area contributed by atoms with E-state index in [0.29, 0.717) is 22.8 Å². The number of aromatic nitrogens is 4. The van der Waals surface area contributed by atoms with Crippen molar-refractivity contribution < 1.29 is 13.2 Å². The second-order valence-electron chi connectivity index (χ2n) is 6.41. The van der Waals surface area contributed by atoms with Gasteiger partial charge in [-0.25, -0.2) is 4.98 Å². The molecule has 142 valence electrons. The fourth-order valence-corrected chi connectivity index (χ4v) is 2.71. The lowest BCUT2D eigenvalue weighted by molar-refractivity contribution is -0.141. The molecule has 0 saturated carbocycles. The van der Waals surface area contributed by atoms with Crippen molar-refractivity contribution in [2.24, 2.45) is 0 Å². The van der Waals surface area contributed by atoms with Crippen LogP contribution in [0.4, 0.5) is 24.9 Å². The number of fused-ring (bicyclic) bond motifs is 1. The normalized spacial score (nSPS) is 11.8. The van der Waals surface area contributed by atoms with Crippen LogP contribution in [0.5, 0.6) is 0 Å². The number of nitrogens with one attached hydrogen (secondary N) is 1. The predicted molar refractivity (Wildman–Crippen MR) is 97.4 cm³/mol. The molecule has 0 aromatic carbocycles. The predicted octanol–water partition coefficient (Wildman–Crippen LogP) is 3.90. The summed E-state index contributed by atoms with van der Waals surface area (Å²) in [5.74, 6) is 0.869. The van der Waals surface area contributed by atoms with Crippen LogP contribution < -0.4 is 10.2 Å². The average Bonchev–Trinajstić information content (AvgIpc) is 2.60. The zero-order chi connectivity index (χ0) is 19.6. The summed E-state index contributed by atoms with van der Waals surface area (Å²) < 4.78 is 39.7. The zero-order valence-electron chi connectivity index (χ0n) is 15.1. The van der Waals surface area contributed by atoms with E-state index in [1.807, 2.05) is 13.8 Å². The van der Waals surface area contributed by atoms with Gasteiger partial charge in [-0.3, -0.25) is 4.98 Å². The van der Waals surface area contributed by atoms with E-state index in [-0.39, 0.29) is 18.2 Å². The second kappa shape index (κ2) is 7.34. The highest BCUT2D eigenvalue weighted by Gasteiger charge is 2.35. The molecule has 0 atom stereocenters. The number of hydrogen-bond acceptors (Lipinski definition) is 6. The van der Waals surface area contributed by atoms with Crippen LogP contribution in [0.1, 0.15) is 25.1 Å². The minimum atomic E-state index is -4.52. The SMILES string of the molecule is CC(C)Nc1nc(N(C)Cc2cccnc2C(F)(F)F)c2cccnc2n1. The highest BCUT2D eigenvalue weighted by Crippen LogP contribution is 2.32. The minimum absolute atomic E-state index is 0.00912. The van der Waals surface area contributed by atoms with E-state index in [1.54, 1.807) is 30.3 Å². The molecule has 3 aromatic heterocycles. The standard InChI is InChI=1S/C18H19F3N6/c1-11(2)24-17-25-15-13(7-5-9-23-15)16(26-17)27(3)10-12-6-4-8-22-14(12)18(19,20)21/h4-9,11H,10H2,1-3H3,(H,23,24,25,26). The van der Waals surface area contributed by atoms with Crippen molar-refractivity contribution in [2.45, 2.75) is 32.6 Å². The third-order valence-corrected chi connectivity index (χ3v) is 3.80. The summed E-state index contributed by atoms with van der Waals surface area (Å²) >= 11 is 0. The van der Waals surface area contributed by atoms with Crippen LogP contribution >= 0.6 is 0 Å². The highest BCUT2D eigenvalue weighted by atomic mass is 19.4. The van der Waals surface area contributed by atoms with Crippen LogP contribution in [0, 0.1) is 0 Å². The first-order valence-electron chi connectivity index (χ1n) is 8.37. The molecule has 3 heterocycles. The number of rotatable bonds is 5. The van der Waals surface area contributed by atoms with Gasteiger partial charge < -0.3 is 10.2 Å². The van der Waals surface area contributed by atoms with Gasteiger partial charge in [-0.05, 0) is 32.0 Å². The molecule has 3 rings (SSSR count). The Bertz CT molecular complexity index is 942. The van der Waals surface area contributed by atoms with Crippen LogP contribution in [-0.2, 0) is 12.7 Å². The zero-order valence-corrected chi connectivity index (χ0v) is 15.1. The number of nitrogens with zero attached hydrogens (tertiary/aromatic N) is 5. The third-order valence-electron chi connectivity index (χ3n) is 3.80. The Balaban J connectivity index is 2.02. The fraction of sp³-hybridized carbons (Fsp3) is 0.333. The number of hydrogen-bond donors (Lipinski definition) is 1. The summed E-state index contributed by atoms with van der Waals surface area (Å²) in [7, 11) is 1.68. The van der Waals surface area contributed by atoms with E-state index in [4.69, 9.17) is 0 Å². The lowest BCUT2D eigenvalue weighted by Crippen LogP contribution is -2.23. The van der Waals surface area contributed by atoms with Gasteiger partial charge in [0.25, 0.3) is 0 Å². The molecule has 0 spiro atoms. The molecule has 0 aliphatic heterocycles. The van der Waals surface area contributed by atoms with Crippen molar-refractivity contribution in [2.75, 3.05) is 17.3 Å². The smallest absolute Gasteiger partial charge is 0.355 e. The molecule has 6 nitrogen and oxygen atoms in total. The van der Waals surface area contributed by atoms with Crippen molar-refractivity contribution in [1.82, 2.24) is 19.9 Å². The molecule has 0 bridgehead atoms. The van der Waals surface area contributed by atoms with Crippen molar-refractivity contribution in [1.29, 1.82) is 0 Å². The van der Waals surface area contributed by atoms with E-state index in [9.17, 15) is 13.2 Å². The van der Waals surface area contributed by atoms with Crippen LogP contribution in [0.3, 0.4) is 0 Å². The topological polar surface area (TPSA) is 66.8 Å². The Morgan fingerprint density at radius 3 is 2.48 bits per heavy atom. The van der Waals surface area contributed by atoms with E-state index < -0.39 is 11.9 Å². The van der Waals surface area contributed by atoms with Gasteiger partial charge in [-0.15, -0.1) is 0 Å². The summed E-state index contributed by atoms with van der Waals surface area (Å²) in [6, 6.07) is 6.54. The average molecular weight is 376 g/mol. The maximum atomic E-state index is 13.2. The Morgan fingerprint density at radius 2 is 1.78 bits per heavy atom. The van der Waals surface area contributed by atoms with Crippen molar-refractivity contribution in [3.63, 3.8) is 0 Å². The maximum absolute atomic E-state index is 13.2. The van der Waals surface area contributed by atoms with Crippen LogP contribution in [0.15, 0.2) is 36.7 Å². The van der Waals surface area contributed by atoms with Gasteiger partial charge in [0.15, 0.2) is 5.65 Å². The highest BCUT2D eigenvalue weighted by molar-refractivity contribution is 5.87. The molecule has 0 saturated heterocycles. The van der Waals surface area contributed by atoms with Crippen LogP contribution in [0.2, 0.25) is 0 Å². The van der Waals surface area contributed by atoms with E-state index in [1.165, 1.54) is 12.1 Å². The minimum Gasteiger partial charge on any atom is -0.355 e. The van der Waals surface area contributed by atoms with Crippen LogP contribution in [-0.4, -0.2) is 33.0 Å². The van der Waals surface area contributed by atoms with Gasteiger partial charge in [-0.2, -0.15) is 23.1 Å². The first kappa shape index (κ1) is 18.8. The van der Waals surface area contributed by atoms with Gasteiger partial charge >= 0.3 is 6.18 Å². The quantitative estimate of drug-likeness (QED) is 0.729. The summed E-state index contributed by atoms with van der Waals surface area (Å²) in [4.78, 5) is 18.3. The van der Waals surface area contributed by atoms with Gasteiger partial charge in [0.05, 0.1) is 5.39 Å². The maximum Gasteiger partial charge on any atom is 0.433 e. The fourth-order valence-electron chi connectivity index (χ4n) is 2.71. The summed E-state index contributed by atoms with van der Waals surface area (Å²) in [5.41, 5.74) is -0.352. The first-order valence-corrected chi connectivity index (χ1v) is 8.37. The third kappa shape index (κ3) is 4.24. The molecular formula is C18H19F3N6. The van der Waals surface area contributed by atoms with Gasteiger partial charge in [0.2, 0.25) is 5.95 Å². The van der Waals surface area contributed by atoms with Crippen molar-refractivity contribution >= 4 is 22.8 Å². The van der Waals surface area contributed by atoms with E-state index >= 15 is 0 Å². The Labute approximate surface area is 154 Å². The lowest BCUT2D eigenvalue weighted by atomic mass is 10.1. The number of anilines is 2. The first-order chi connectivity index (χ1) is 12.8. The van der Waals surface area contributed by atoms with Gasteiger partial charge in [0.1, 0.15) is 11.5 Å². The summed E-state index contributed by atoms with van der Waals surface area (Å²) in [6.45, 7) is 3.88. The number of pyridine rings is 2. The van der Waals surface area contributed by atoms with Crippen LogP contribution in [0.25, 0.3) is 11.0 Å². The number of alkyl halides is 3. The molecule has 0 radical (unpaired) electrons. The largest absolute Gasteiger partial charge is 0.433 e. The Hall–Kier alpha value is -2.97. The van der Waals surface area contributed by atoms with Crippen molar-refractivity contribution in [3.8, 4) is 0 Å². The number of halogens is 3. The lowest BCUT2D eigenvalue weighted by Gasteiger charge is -2.22. The van der Waals surface area contributed by atoms with E-state index in [2.05, 4.69) is 25.3 Å². The van der Waals surface area contributed by atoms with Gasteiger partial charge in [-0.1, -0.05) is 6.07 Å². The van der Waals surface area contributed by atoms with Gasteiger partial charge in [0, 0.05) is 37.6 Å². The molecule has 0 unspecified atom stereocenters. The second-order valence-corrected chi connectivity index (χ2v) is 6.41. The molecule has 9 heteroatoms. The summed E-state index contributed by atoms with van der Waals surface area (Å²) in [5, 5.41) is 3.77. The molecule has 27 heavy (non-hydrogen) atoms. The molecule has 0 aliphatic rings. The molecule has 0 aliphatic carbocycles. The molecule has 3 aromatic rings. The summed E-state index contributed by atoms with van der Waals surface area (Å²) in [6.07, 6.45) is -1.76.